The maximum atomic E-state index is 11.7. The van der Waals surface area contributed by atoms with Gasteiger partial charge in [-0.25, -0.2) is 9.59 Å². The summed E-state index contributed by atoms with van der Waals surface area (Å²) < 4.78 is 21.7. The van der Waals surface area contributed by atoms with Crippen molar-refractivity contribution in [1.82, 2.24) is 9.97 Å². The number of rotatable bonds is 20. The Hall–Kier alpha value is -4.72. The Morgan fingerprint density at radius 1 is 0.435 bits per heavy atom. The number of nitrogens with zero attached hydrogens (tertiary/aromatic N) is 2. The normalized spacial score (nSPS) is 10.3. The van der Waals surface area contributed by atoms with Gasteiger partial charge in [-0.1, -0.05) is 74.9 Å². The molecular weight excluding hydrogens is 580 g/mol. The van der Waals surface area contributed by atoms with E-state index in [4.69, 9.17) is 18.9 Å². The van der Waals surface area contributed by atoms with Crippen LogP contribution in [0.2, 0.25) is 0 Å². The summed E-state index contributed by atoms with van der Waals surface area (Å²) in [6.45, 7) is 2.43. The Labute approximate surface area is 273 Å². The molecule has 0 aliphatic carbocycles. The molecule has 0 bridgehead atoms. The average molecular weight is 627 g/mol. The summed E-state index contributed by atoms with van der Waals surface area (Å²) in [7, 11) is 0. The van der Waals surface area contributed by atoms with Gasteiger partial charge >= 0.3 is 11.9 Å². The first-order valence-corrected chi connectivity index (χ1v) is 16.2. The van der Waals surface area contributed by atoms with Crippen molar-refractivity contribution in [3.05, 3.63) is 121 Å². The van der Waals surface area contributed by atoms with Crippen molar-refractivity contribution in [2.75, 3.05) is 26.4 Å². The summed E-state index contributed by atoms with van der Waals surface area (Å²) in [6, 6.07) is 26.6. The Bertz CT molecular complexity index is 1220. The molecular formula is C38H46N2O6. The van der Waals surface area contributed by atoms with E-state index in [9.17, 15) is 9.59 Å². The Morgan fingerprint density at radius 2 is 0.804 bits per heavy atom. The predicted octanol–water partition coefficient (Wildman–Crippen LogP) is 8.54. The van der Waals surface area contributed by atoms with Crippen LogP contribution in [0.25, 0.3) is 0 Å². The maximum absolute atomic E-state index is 11.7. The highest BCUT2D eigenvalue weighted by atomic mass is 16.5. The maximum Gasteiger partial charge on any atom is 0.339 e. The Morgan fingerprint density at radius 3 is 1.17 bits per heavy atom. The van der Waals surface area contributed by atoms with E-state index in [0.717, 1.165) is 88.9 Å². The van der Waals surface area contributed by atoms with E-state index >= 15 is 0 Å². The highest BCUT2D eigenvalue weighted by Crippen LogP contribution is 2.12. The fourth-order valence-electron chi connectivity index (χ4n) is 4.35. The number of para-hydroxylation sites is 2. The van der Waals surface area contributed by atoms with Crippen LogP contribution in [-0.4, -0.2) is 48.3 Å². The molecule has 0 saturated carbocycles. The lowest BCUT2D eigenvalue weighted by molar-refractivity contribution is 0.0488. The van der Waals surface area contributed by atoms with Crippen LogP contribution in [-0.2, 0) is 9.47 Å². The summed E-state index contributed by atoms with van der Waals surface area (Å²) in [5, 5.41) is 0. The van der Waals surface area contributed by atoms with Gasteiger partial charge in [0.2, 0.25) is 0 Å². The molecule has 0 N–H and O–H groups in total. The number of hydrogen-bond donors (Lipinski definition) is 0. The lowest BCUT2D eigenvalue weighted by Crippen LogP contribution is -2.06. The molecule has 8 nitrogen and oxygen atoms in total. The minimum atomic E-state index is -0.297. The second-order valence-electron chi connectivity index (χ2n) is 10.6. The van der Waals surface area contributed by atoms with E-state index in [-0.39, 0.29) is 11.9 Å². The molecule has 0 fully saturated rings. The first kappa shape index (κ1) is 35.8. The van der Waals surface area contributed by atoms with Crippen molar-refractivity contribution in [3.8, 4) is 11.5 Å². The van der Waals surface area contributed by atoms with Gasteiger partial charge in [0.1, 0.15) is 11.5 Å². The second kappa shape index (κ2) is 23.6. The molecule has 8 heteroatoms. The largest absolute Gasteiger partial charge is 0.494 e. The van der Waals surface area contributed by atoms with Crippen LogP contribution in [0.4, 0.5) is 0 Å². The third-order valence-corrected chi connectivity index (χ3v) is 6.86. The molecule has 0 spiro atoms. The van der Waals surface area contributed by atoms with Crippen LogP contribution in [0.1, 0.15) is 84.9 Å². The third-order valence-electron chi connectivity index (χ3n) is 6.86. The Kier molecular flexibility index (Phi) is 18.4. The van der Waals surface area contributed by atoms with Crippen LogP contribution in [0, 0.1) is 0 Å². The van der Waals surface area contributed by atoms with Gasteiger partial charge in [-0.3, -0.25) is 9.97 Å². The summed E-state index contributed by atoms with van der Waals surface area (Å²) in [5.74, 6) is 1.26. The molecule has 4 rings (SSSR count). The minimum absolute atomic E-state index is 0.297. The molecule has 46 heavy (non-hydrogen) atoms. The lowest BCUT2D eigenvalue weighted by atomic mass is 10.1. The molecule has 0 aliphatic heterocycles. The molecule has 244 valence electrons. The molecule has 0 radical (unpaired) electrons. The van der Waals surface area contributed by atoms with Gasteiger partial charge in [-0.15, -0.1) is 0 Å². The highest BCUT2D eigenvalue weighted by Gasteiger charge is 2.06. The number of ether oxygens (including phenoxy) is 4. The standard InChI is InChI=1S/2C19H23NO3/c2*21-19(17-10-9-13-20-16-17)23-15-8-3-1-2-7-14-22-18-11-5-4-6-12-18/h2*4-6,9-13,16H,1-3,7-8,14-15H2. The number of esters is 2. The Balaban J connectivity index is 0.000000250. The molecule has 0 aliphatic rings. The molecule has 0 atom stereocenters. The van der Waals surface area contributed by atoms with Gasteiger partial charge in [0.25, 0.3) is 0 Å². The molecule has 4 aromatic rings. The molecule has 2 aromatic carbocycles. The molecule has 0 unspecified atom stereocenters. The van der Waals surface area contributed by atoms with Crippen LogP contribution >= 0.6 is 0 Å². The second-order valence-corrected chi connectivity index (χ2v) is 10.6. The zero-order valence-electron chi connectivity index (χ0n) is 26.6. The number of benzene rings is 2. The average Bonchev–Trinajstić information content (AvgIpc) is 3.12. The number of unbranched alkanes of at least 4 members (excludes halogenated alkanes) is 8. The number of hydrogen-bond acceptors (Lipinski definition) is 8. The van der Waals surface area contributed by atoms with Gasteiger partial charge in [0.15, 0.2) is 0 Å². The van der Waals surface area contributed by atoms with Crippen LogP contribution in [0.15, 0.2) is 110 Å². The van der Waals surface area contributed by atoms with E-state index in [1.807, 2.05) is 60.7 Å². The topological polar surface area (TPSA) is 96.8 Å². The minimum Gasteiger partial charge on any atom is -0.494 e. The van der Waals surface area contributed by atoms with Gasteiger partial charge in [0, 0.05) is 24.8 Å². The zero-order valence-corrected chi connectivity index (χ0v) is 26.6. The van der Waals surface area contributed by atoms with Crippen LogP contribution in [0.5, 0.6) is 11.5 Å². The predicted molar refractivity (Wildman–Crippen MR) is 179 cm³/mol. The molecule has 2 heterocycles. The summed E-state index contributed by atoms with van der Waals surface area (Å²) in [5.41, 5.74) is 1.01. The summed E-state index contributed by atoms with van der Waals surface area (Å²) in [4.78, 5) is 31.2. The number of pyridine rings is 2. The SMILES string of the molecule is O=C(OCCCCCCCOc1ccccc1)c1cccnc1.O=C(OCCCCCCCOc1ccccc1)c1cccnc1. The van der Waals surface area contributed by atoms with Crippen molar-refractivity contribution < 1.29 is 28.5 Å². The van der Waals surface area contributed by atoms with Crippen molar-refractivity contribution >= 4 is 11.9 Å². The zero-order chi connectivity index (χ0) is 32.3. The van der Waals surface area contributed by atoms with Gasteiger partial charge in [0.05, 0.1) is 37.6 Å². The van der Waals surface area contributed by atoms with Gasteiger partial charge < -0.3 is 18.9 Å². The fraction of sp³-hybridized carbons (Fsp3) is 0.368. The van der Waals surface area contributed by atoms with E-state index in [1.165, 1.54) is 12.4 Å². The van der Waals surface area contributed by atoms with E-state index in [0.29, 0.717) is 24.3 Å². The first-order chi connectivity index (χ1) is 22.7. The quantitative estimate of drug-likeness (QED) is 0.0711. The smallest absolute Gasteiger partial charge is 0.339 e. The number of carbonyl (C=O) groups is 2. The first-order valence-electron chi connectivity index (χ1n) is 16.2. The van der Waals surface area contributed by atoms with Crippen LogP contribution in [0.3, 0.4) is 0 Å². The highest BCUT2D eigenvalue weighted by molar-refractivity contribution is 5.89. The third kappa shape index (κ3) is 16.4. The fourth-order valence-corrected chi connectivity index (χ4v) is 4.35. The molecule has 0 amide bonds. The van der Waals surface area contributed by atoms with Crippen molar-refractivity contribution in [3.63, 3.8) is 0 Å². The van der Waals surface area contributed by atoms with Crippen molar-refractivity contribution in [2.45, 2.75) is 64.2 Å². The van der Waals surface area contributed by atoms with Gasteiger partial charge in [-0.2, -0.15) is 0 Å². The number of aromatic nitrogens is 2. The van der Waals surface area contributed by atoms with E-state index < -0.39 is 0 Å². The van der Waals surface area contributed by atoms with E-state index in [2.05, 4.69) is 9.97 Å². The summed E-state index contributed by atoms with van der Waals surface area (Å²) in [6.07, 6.45) is 16.8. The lowest BCUT2D eigenvalue weighted by Gasteiger charge is -2.06. The van der Waals surface area contributed by atoms with Crippen LogP contribution < -0.4 is 9.47 Å². The van der Waals surface area contributed by atoms with Crippen molar-refractivity contribution in [1.29, 1.82) is 0 Å². The van der Waals surface area contributed by atoms with E-state index in [1.54, 1.807) is 36.7 Å². The summed E-state index contributed by atoms with van der Waals surface area (Å²) >= 11 is 0. The van der Waals surface area contributed by atoms with Crippen molar-refractivity contribution in [2.24, 2.45) is 0 Å². The number of carbonyl (C=O) groups excluding carboxylic acids is 2. The molecule has 0 saturated heterocycles. The monoisotopic (exact) mass is 626 g/mol. The van der Waals surface area contributed by atoms with Gasteiger partial charge in [-0.05, 0) is 74.2 Å². The molecule has 2 aromatic heterocycles.